The lowest BCUT2D eigenvalue weighted by Crippen LogP contribution is -2.48. The maximum absolute atomic E-state index is 13.3. The van der Waals surface area contributed by atoms with E-state index in [1.54, 1.807) is 25.3 Å². The zero-order valence-corrected chi connectivity index (χ0v) is 39.2. The van der Waals surface area contributed by atoms with Gasteiger partial charge in [-0.15, -0.1) is 0 Å². The zero-order chi connectivity index (χ0) is 47.9. The van der Waals surface area contributed by atoms with E-state index in [2.05, 4.69) is 91.8 Å². The van der Waals surface area contributed by atoms with Crippen molar-refractivity contribution >= 4 is 45.8 Å². The second-order valence-electron chi connectivity index (χ2n) is 14.4. The summed E-state index contributed by atoms with van der Waals surface area (Å²) in [7, 11) is 7.76. The molecular weight excluding hydrogens is 825 g/mol. The molecule has 5 aromatic rings. The van der Waals surface area contributed by atoms with Gasteiger partial charge in [-0.2, -0.15) is 0 Å². The van der Waals surface area contributed by atoms with Crippen molar-refractivity contribution in [2.75, 3.05) is 49.2 Å². The van der Waals surface area contributed by atoms with E-state index in [1.807, 2.05) is 25.7 Å². The molecule has 0 radical (unpaired) electrons. The Kier molecular flexibility index (Phi) is 23.4. The molecule has 18 heteroatoms. The summed E-state index contributed by atoms with van der Waals surface area (Å²) in [5.41, 5.74) is 11.2. The van der Waals surface area contributed by atoms with Crippen molar-refractivity contribution in [2.45, 2.75) is 98.5 Å². The van der Waals surface area contributed by atoms with Gasteiger partial charge in [-0.25, -0.2) is 19.6 Å². The quantitative estimate of drug-likeness (QED) is 0.0686. The van der Waals surface area contributed by atoms with Crippen LogP contribution in [0.25, 0.3) is 44.2 Å². The smallest absolute Gasteiger partial charge is 0.407 e. The van der Waals surface area contributed by atoms with Gasteiger partial charge < -0.3 is 60.0 Å². The molecule has 1 aliphatic heterocycles. The van der Waals surface area contributed by atoms with Crippen molar-refractivity contribution < 1.29 is 48.3 Å². The van der Waals surface area contributed by atoms with Gasteiger partial charge in [0.25, 0.3) is 0 Å². The van der Waals surface area contributed by atoms with Gasteiger partial charge in [-0.3, -0.25) is 9.59 Å². The van der Waals surface area contributed by atoms with Crippen LogP contribution in [0.1, 0.15) is 83.9 Å². The molecule has 352 valence electrons. The third kappa shape index (κ3) is 14.4. The Morgan fingerprint density at radius 3 is 2.16 bits per heavy atom. The number of aromatic nitrogens is 4. The Bertz CT molecular complexity index is 2240. The van der Waals surface area contributed by atoms with Crippen LogP contribution in [0.3, 0.4) is 0 Å². The first-order valence-corrected chi connectivity index (χ1v) is 21.2. The maximum atomic E-state index is 13.3. The minimum atomic E-state index is -0.745. The van der Waals surface area contributed by atoms with Gasteiger partial charge in [-0.1, -0.05) is 45.9 Å². The molecule has 0 saturated carbocycles. The fraction of sp³-hybridized carbons (Fsp3) is 0.478. The van der Waals surface area contributed by atoms with Crippen LogP contribution in [0.2, 0.25) is 0 Å². The van der Waals surface area contributed by atoms with Crippen molar-refractivity contribution in [2.24, 2.45) is 5.73 Å². The highest BCUT2D eigenvalue weighted by molar-refractivity contribution is 6.07. The van der Waals surface area contributed by atoms with Crippen LogP contribution in [-0.2, 0) is 43.5 Å². The summed E-state index contributed by atoms with van der Waals surface area (Å²) in [4.78, 5) is 67.5. The maximum Gasteiger partial charge on any atom is 0.407 e. The number of carbonyl (C=O) groups is 4. The lowest BCUT2D eigenvalue weighted by Gasteiger charge is -2.27. The lowest BCUT2D eigenvalue weighted by atomic mass is 9.92. The molecule has 2 atom stereocenters. The van der Waals surface area contributed by atoms with Crippen LogP contribution in [0.4, 0.5) is 9.59 Å². The Morgan fingerprint density at radius 1 is 0.875 bits per heavy atom. The number of aliphatic hydroxyl groups excluding tert-OH is 2. The van der Waals surface area contributed by atoms with Crippen LogP contribution in [0, 0.1) is 0 Å². The number of benzene rings is 3. The number of amides is 4. The molecule has 0 spiro atoms. The van der Waals surface area contributed by atoms with Crippen molar-refractivity contribution in [3.05, 3.63) is 65.9 Å². The Morgan fingerprint density at radius 2 is 1.56 bits per heavy atom. The molecule has 0 saturated heterocycles. The van der Waals surface area contributed by atoms with E-state index < -0.39 is 18.2 Å². The highest BCUT2D eigenvalue weighted by Crippen LogP contribution is 2.42. The molecule has 6 rings (SSSR count). The van der Waals surface area contributed by atoms with Gasteiger partial charge in [0, 0.05) is 58.4 Å². The van der Waals surface area contributed by atoms with Crippen molar-refractivity contribution in [1.82, 2.24) is 35.1 Å². The normalized spacial score (nSPS) is 11.7. The van der Waals surface area contributed by atoms with Gasteiger partial charge in [0.05, 0.1) is 50.2 Å². The fourth-order valence-corrected chi connectivity index (χ4v) is 6.88. The molecular formula is C46H68N8O10. The topological polar surface area (TPSA) is 248 Å². The number of hydrogen-bond donors (Lipinski definition) is 6. The number of primary amides is 1. The van der Waals surface area contributed by atoms with E-state index in [9.17, 15) is 19.2 Å². The number of imidazole rings is 2. The molecule has 0 unspecified atom stereocenters. The molecule has 0 fully saturated rings. The van der Waals surface area contributed by atoms with Crippen LogP contribution in [-0.4, -0.2) is 125 Å². The Labute approximate surface area is 375 Å². The van der Waals surface area contributed by atoms with Crippen LogP contribution in [0.15, 0.2) is 48.7 Å². The molecule has 3 heterocycles. The number of ether oxygens (including phenoxy) is 4. The summed E-state index contributed by atoms with van der Waals surface area (Å²) in [6.45, 7) is 11.8. The fourth-order valence-electron chi connectivity index (χ4n) is 6.88. The molecule has 2 aromatic heterocycles. The number of nitrogens with one attached hydrogen (secondary N) is 3. The first-order valence-electron chi connectivity index (χ1n) is 21.2. The highest BCUT2D eigenvalue weighted by atomic mass is 16.5. The number of aromatic amines is 2. The van der Waals surface area contributed by atoms with Crippen LogP contribution in [0.5, 0.6) is 5.75 Å². The molecule has 64 heavy (non-hydrogen) atoms. The number of H-pyrrole nitrogens is 2. The number of alkyl carbamates (subject to hydrolysis) is 1. The van der Waals surface area contributed by atoms with Gasteiger partial charge >= 0.3 is 12.2 Å². The van der Waals surface area contributed by atoms with Crippen molar-refractivity contribution in [3.8, 4) is 28.1 Å². The second kappa shape index (κ2) is 27.7. The predicted molar refractivity (Wildman–Crippen MR) is 247 cm³/mol. The first-order chi connectivity index (χ1) is 30.9. The number of nitrogens with zero attached hydrogens (tertiary/aromatic N) is 4. The number of carbonyl (C=O) groups excluding carboxylic acids is 4. The van der Waals surface area contributed by atoms with Gasteiger partial charge in [0.2, 0.25) is 11.8 Å². The van der Waals surface area contributed by atoms with E-state index in [1.165, 1.54) is 14.2 Å². The first kappa shape index (κ1) is 53.9. The van der Waals surface area contributed by atoms with E-state index >= 15 is 0 Å². The predicted octanol–water partition coefficient (Wildman–Crippen LogP) is 6.66. The number of methoxy groups -OCH3 is 3. The molecule has 1 aliphatic rings. The largest absolute Gasteiger partial charge is 0.488 e. The van der Waals surface area contributed by atoms with E-state index in [0.29, 0.717) is 44.9 Å². The molecule has 7 N–H and O–H groups in total. The van der Waals surface area contributed by atoms with E-state index in [0.717, 1.165) is 94.8 Å². The zero-order valence-electron chi connectivity index (χ0n) is 39.2. The van der Waals surface area contributed by atoms with Gasteiger partial charge in [0.15, 0.2) is 0 Å². The minimum Gasteiger partial charge on any atom is -0.488 e. The molecule has 0 bridgehead atoms. The third-order valence-electron chi connectivity index (χ3n) is 10.1. The van der Waals surface area contributed by atoms with Crippen molar-refractivity contribution in [3.63, 3.8) is 0 Å². The average Bonchev–Trinajstić information content (AvgIpc) is 3.97. The standard InChI is InChI=1S/C40H49N7O5.C2H5NO2.C2H6O.2CH4O/c1-7-11-37(48)47(24(5)9-3)22-36-42-32-15-13-25-18-30-28-14-12-26(17-27(28)23-52-34(30)19-29(25)38(32)45-36)33-20-41-35(43-33)21-46(16-8-2)39(49)31(10-4)44-40(50)51-6;1-5-2(3)4;1-3-2;2*1-2/h12-15,17-20,24,31H,7-11,16,21-23H2,1-6H3,(H,41,43)(H,42,45)(H,44,50);1H3,(H2,3,4);1-2H3;2*2H,1H3/t24-,31-;;;;/m0..../s1. The molecule has 0 aliphatic carbocycles. The molecule has 4 amide bonds. The highest BCUT2D eigenvalue weighted by Gasteiger charge is 2.26. The van der Waals surface area contributed by atoms with E-state index in [4.69, 9.17) is 24.7 Å². The monoisotopic (exact) mass is 893 g/mol. The Hall–Kier alpha value is -6.24. The summed E-state index contributed by atoms with van der Waals surface area (Å²) in [5.74, 6) is 2.22. The Balaban J connectivity index is 0.00000106. The number of nitrogens with two attached hydrogens (primary N) is 1. The minimum absolute atomic E-state index is 0.129. The lowest BCUT2D eigenvalue weighted by molar-refractivity contribution is -0.134. The SMILES string of the molecule is CCCC(=O)N(Cc1nc2c(ccc3cc4c(cc32)OCc2cc(-c3cnc(CN(CCC)C(=O)[C@H](CC)NC(=O)OC)[nH]3)ccc2-4)[nH]1)[C@@H](C)CC.CO.CO.COC.COC(N)=O. The number of rotatable bonds is 14. The summed E-state index contributed by atoms with van der Waals surface area (Å²) < 4.78 is 19.2. The average molecular weight is 893 g/mol. The van der Waals surface area contributed by atoms with Crippen LogP contribution < -0.4 is 15.8 Å². The summed E-state index contributed by atoms with van der Waals surface area (Å²) >= 11 is 0. The third-order valence-corrected chi connectivity index (χ3v) is 10.1. The van der Waals surface area contributed by atoms with Gasteiger partial charge in [-0.05, 0) is 78.9 Å². The molecule has 18 nitrogen and oxygen atoms in total. The number of fused-ring (bicyclic) bond motifs is 6. The summed E-state index contributed by atoms with van der Waals surface area (Å²) in [5, 5.41) is 18.7. The van der Waals surface area contributed by atoms with Gasteiger partial charge in [0.1, 0.15) is 30.0 Å². The summed E-state index contributed by atoms with van der Waals surface area (Å²) in [6, 6.07) is 14.2. The summed E-state index contributed by atoms with van der Waals surface area (Å²) in [6.07, 6.45) is 3.85. The van der Waals surface area contributed by atoms with Crippen molar-refractivity contribution in [1.29, 1.82) is 0 Å². The second-order valence-corrected chi connectivity index (χ2v) is 14.4. The van der Waals surface area contributed by atoms with Crippen LogP contribution >= 0.6 is 0 Å². The number of aliphatic hydroxyl groups is 2. The van der Waals surface area contributed by atoms with E-state index in [-0.39, 0.29) is 17.9 Å². The molecule has 3 aromatic carbocycles. The number of hydrogen-bond acceptors (Lipinski definition) is 12.